The third-order valence-corrected chi connectivity index (χ3v) is 4.99. The number of likely N-dealkylation sites (tertiary alicyclic amines) is 1. The van der Waals surface area contributed by atoms with Crippen LogP contribution in [0.2, 0.25) is 0 Å². The number of carbonyl (C=O) groups excluding carboxylic acids is 1. The molecular formula is C18H21N3OS. The Kier molecular flexibility index (Phi) is 5.18. The van der Waals surface area contributed by atoms with Crippen LogP contribution in [-0.4, -0.2) is 28.2 Å². The highest BCUT2D eigenvalue weighted by Crippen LogP contribution is 2.33. The number of hydrogen-bond acceptors (Lipinski definition) is 3. The maximum atomic E-state index is 12.7. The van der Waals surface area contributed by atoms with Crippen LogP contribution in [0.5, 0.6) is 0 Å². The molecule has 1 aliphatic heterocycles. The van der Waals surface area contributed by atoms with Crippen molar-refractivity contribution in [3.8, 4) is 0 Å². The van der Waals surface area contributed by atoms with Gasteiger partial charge in [-0.25, -0.2) is 4.79 Å². The van der Waals surface area contributed by atoms with Gasteiger partial charge in [0.2, 0.25) is 0 Å². The molecule has 0 spiro atoms. The first-order valence-corrected chi connectivity index (χ1v) is 8.97. The molecule has 2 amide bonds. The fraction of sp³-hybridized carbons (Fsp3) is 0.333. The minimum absolute atomic E-state index is 0.0199. The Balaban J connectivity index is 1.75. The second kappa shape index (κ2) is 7.51. The van der Waals surface area contributed by atoms with Crippen molar-refractivity contribution >= 4 is 23.5 Å². The Morgan fingerprint density at radius 1 is 1.30 bits per heavy atom. The number of amides is 2. The Hall–Kier alpha value is -2.01. The summed E-state index contributed by atoms with van der Waals surface area (Å²) in [6.45, 7) is 2.91. The average molecular weight is 327 g/mol. The molecule has 2 aromatic rings. The van der Waals surface area contributed by atoms with Gasteiger partial charge in [0.1, 0.15) is 0 Å². The van der Waals surface area contributed by atoms with Crippen molar-refractivity contribution in [1.29, 1.82) is 0 Å². The maximum Gasteiger partial charge on any atom is 0.322 e. The molecule has 0 radical (unpaired) electrons. The molecule has 0 aliphatic carbocycles. The molecule has 0 saturated carbocycles. The van der Waals surface area contributed by atoms with Crippen LogP contribution in [0.4, 0.5) is 10.5 Å². The molecule has 0 unspecified atom stereocenters. The number of nitrogens with zero attached hydrogens (tertiary/aromatic N) is 2. The lowest BCUT2D eigenvalue weighted by atomic mass is 10.1. The first-order chi connectivity index (χ1) is 11.3. The highest BCUT2D eigenvalue weighted by molar-refractivity contribution is 7.99. The zero-order chi connectivity index (χ0) is 16.1. The molecule has 0 bridgehead atoms. The Morgan fingerprint density at radius 2 is 2.09 bits per heavy atom. The second-order valence-corrected chi connectivity index (χ2v) is 6.80. The predicted octanol–water partition coefficient (Wildman–Crippen LogP) is 4.56. The molecule has 3 rings (SSSR count). The fourth-order valence-electron chi connectivity index (χ4n) is 2.98. The first kappa shape index (κ1) is 15.9. The summed E-state index contributed by atoms with van der Waals surface area (Å²) in [6.07, 6.45) is 5.61. The third-order valence-electron chi connectivity index (χ3n) is 4.03. The van der Waals surface area contributed by atoms with E-state index in [1.54, 1.807) is 24.2 Å². The zero-order valence-electron chi connectivity index (χ0n) is 13.2. The van der Waals surface area contributed by atoms with Crippen molar-refractivity contribution in [3.63, 3.8) is 0 Å². The molecule has 5 heteroatoms. The van der Waals surface area contributed by atoms with Crippen molar-refractivity contribution in [3.05, 3.63) is 54.4 Å². The molecule has 1 fully saturated rings. The normalized spacial score (nSPS) is 17.3. The van der Waals surface area contributed by atoms with E-state index in [-0.39, 0.29) is 12.1 Å². The van der Waals surface area contributed by atoms with Crippen molar-refractivity contribution in [1.82, 2.24) is 9.88 Å². The van der Waals surface area contributed by atoms with Gasteiger partial charge < -0.3 is 10.2 Å². The summed E-state index contributed by atoms with van der Waals surface area (Å²) in [4.78, 5) is 19.9. The molecule has 1 aliphatic rings. The molecule has 1 atom stereocenters. The summed E-state index contributed by atoms with van der Waals surface area (Å²) in [7, 11) is 0. The molecule has 1 aromatic carbocycles. The summed E-state index contributed by atoms with van der Waals surface area (Å²) < 4.78 is 0. The predicted molar refractivity (Wildman–Crippen MR) is 94.8 cm³/mol. The maximum absolute atomic E-state index is 12.7. The Labute approximate surface area is 141 Å². The number of benzene rings is 1. The molecule has 120 valence electrons. The summed E-state index contributed by atoms with van der Waals surface area (Å²) >= 11 is 1.74. The van der Waals surface area contributed by atoms with Crippen LogP contribution in [0.1, 0.15) is 31.4 Å². The second-order valence-electron chi connectivity index (χ2n) is 5.49. The van der Waals surface area contributed by atoms with E-state index >= 15 is 0 Å². The number of anilines is 1. The van der Waals surface area contributed by atoms with Gasteiger partial charge in [-0.05, 0) is 48.4 Å². The number of rotatable bonds is 4. The Morgan fingerprint density at radius 3 is 2.87 bits per heavy atom. The van der Waals surface area contributed by atoms with Gasteiger partial charge in [-0.2, -0.15) is 0 Å². The van der Waals surface area contributed by atoms with Gasteiger partial charge in [0.15, 0.2) is 0 Å². The van der Waals surface area contributed by atoms with Crippen molar-refractivity contribution < 1.29 is 4.79 Å². The quantitative estimate of drug-likeness (QED) is 0.837. The third kappa shape index (κ3) is 3.67. The summed E-state index contributed by atoms with van der Waals surface area (Å²) in [6, 6.07) is 12.1. The number of urea groups is 1. The monoisotopic (exact) mass is 327 g/mol. The van der Waals surface area contributed by atoms with Gasteiger partial charge in [0.25, 0.3) is 0 Å². The van der Waals surface area contributed by atoms with Gasteiger partial charge >= 0.3 is 6.03 Å². The molecule has 1 N–H and O–H groups in total. The fourth-order valence-corrected chi connectivity index (χ4v) is 3.74. The van der Waals surface area contributed by atoms with Crippen LogP contribution < -0.4 is 5.32 Å². The van der Waals surface area contributed by atoms with Gasteiger partial charge in [0, 0.05) is 23.8 Å². The summed E-state index contributed by atoms with van der Waals surface area (Å²) in [5.74, 6) is 0.982. The molecule has 2 heterocycles. The number of hydrogen-bond donors (Lipinski definition) is 1. The van der Waals surface area contributed by atoms with E-state index in [0.717, 1.165) is 41.3 Å². The average Bonchev–Trinajstić information content (AvgIpc) is 3.07. The molecular weight excluding hydrogens is 306 g/mol. The topological polar surface area (TPSA) is 45.2 Å². The van der Waals surface area contributed by atoms with Crippen LogP contribution in [0.15, 0.2) is 53.7 Å². The van der Waals surface area contributed by atoms with E-state index in [1.807, 2.05) is 41.3 Å². The Bertz CT molecular complexity index is 662. The van der Waals surface area contributed by atoms with E-state index < -0.39 is 0 Å². The van der Waals surface area contributed by atoms with E-state index in [1.165, 1.54) is 0 Å². The van der Waals surface area contributed by atoms with Gasteiger partial charge in [-0.3, -0.25) is 4.98 Å². The van der Waals surface area contributed by atoms with Gasteiger partial charge in [-0.1, -0.05) is 19.1 Å². The molecule has 23 heavy (non-hydrogen) atoms. The minimum atomic E-state index is -0.0199. The number of pyridine rings is 1. The summed E-state index contributed by atoms with van der Waals surface area (Å²) in [5, 5.41) is 3.09. The van der Waals surface area contributed by atoms with Crippen molar-refractivity contribution in [2.24, 2.45) is 0 Å². The number of aromatic nitrogens is 1. The van der Waals surface area contributed by atoms with E-state index in [2.05, 4.69) is 17.2 Å². The number of nitrogens with one attached hydrogen (secondary N) is 1. The number of thioether (sulfide) groups is 1. The number of para-hydroxylation sites is 1. The van der Waals surface area contributed by atoms with Crippen LogP contribution >= 0.6 is 11.8 Å². The van der Waals surface area contributed by atoms with Crippen LogP contribution in [0.25, 0.3) is 0 Å². The smallest absolute Gasteiger partial charge is 0.317 e. The highest BCUT2D eigenvalue weighted by atomic mass is 32.2. The SMILES string of the molecule is CCSc1ccccc1NC(=O)N1CCC[C@@H]1c1ccncc1. The van der Waals surface area contributed by atoms with E-state index in [0.29, 0.717) is 0 Å². The van der Waals surface area contributed by atoms with Gasteiger partial charge in [-0.15, -0.1) is 11.8 Å². The standard InChI is InChI=1S/C18H21N3OS/c1-2-23-17-8-4-3-6-15(17)20-18(22)21-13-5-7-16(21)14-9-11-19-12-10-14/h3-4,6,8-12,16H,2,5,7,13H2,1H3,(H,20,22)/t16-/m1/s1. The number of carbonyl (C=O) groups is 1. The lowest BCUT2D eigenvalue weighted by Crippen LogP contribution is -2.34. The van der Waals surface area contributed by atoms with Crippen LogP contribution in [0, 0.1) is 0 Å². The first-order valence-electron chi connectivity index (χ1n) is 7.99. The van der Waals surface area contributed by atoms with Crippen LogP contribution in [0.3, 0.4) is 0 Å². The van der Waals surface area contributed by atoms with E-state index in [9.17, 15) is 4.79 Å². The lowest BCUT2D eigenvalue weighted by Gasteiger charge is -2.25. The van der Waals surface area contributed by atoms with Gasteiger partial charge in [0.05, 0.1) is 11.7 Å². The van der Waals surface area contributed by atoms with Crippen molar-refractivity contribution in [2.45, 2.75) is 30.7 Å². The largest absolute Gasteiger partial charge is 0.322 e. The highest BCUT2D eigenvalue weighted by Gasteiger charge is 2.30. The van der Waals surface area contributed by atoms with Crippen LogP contribution in [-0.2, 0) is 0 Å². The lowest BCUT2D eigenvalue weighted by molar-refractivity contribution is 0.207. The molecule has 4 nitrogen and oxygen atoms in total. The van der Waals surface area contributed by atoms with E-state index in [4.69, 9.17) is 0 Å². The zero-order valence-corrected chi connectivity index (χ0v) is 14.1. The molecule has 1 aromatic heterocycles. The molecule has 1 saturated heterocycles. The minimum Gasteiger partial charge on any atom is -0.317 e. The summed E-state index contributed by atoms with van der Waals surface area (Å²) in [5.41, 5.74) is 2.05. The van der Waals surface area contributed by atoms with Crippen molar-refractivity contribution in [2.75, 3.05) is 17.6 Å².